The predicted octanol–water partition coefficient (Wildman–Crippen LogP) is -0.229. The average Bonchev–Trinajstić information content (AvgIpc) is 2.26. The minimum Gasteiger partial charge on any atom is -0.376 e. The highest BCUT2D eigenvalue weighted by Gasteiger charge is 2.29. The summed E-state index contributed by atoms with van der Waals surface area (Å²) in [5, 5.41) is 18.0. The van der Waals surface area contributed by atoms with E-state index in [0.717, 1.165) is 11.3 Å². The second kappa shape index (κ2) is 4.51. The van der Waals surface area contributed by atoms with Crippen LogP contribution < -0.4 is 16.0 Å². The standard InChI is InChI=1S/C11H15N3O2/c1-7-2-4-8(5-3-7)14-9-10(15)12-6-13-11(9)16/h2-5,9-10,12,14-15H,6H2,1H3,(H,13,16). The smallest absolute Gasteiger partial charge is 0.247 e. The molecule has 1 aromatic carbocycles. The highest BCUT2D eigenvalue weighted by Crippen LogP contribution is 2.11. The van der Waals surface area contributed by atoms with Crippen LogP contribution in [0, 0.1) is 6.92 Å². The monoisotopic (exact) mass is 221 g/mol. The maximum absolute atomic E-state index is 11.5. The van der Waals surface area contributed by atoms with Crippen LogP contribution in [0.1, 0.15) is 5.56 Å². The average molecular weight is 221 g/mol. The fourth-order valence-corrected chi connectivity index (χ4v) is 1.59. The van der Waals surface area contributed by atoms with E-state index in [9.17, 15) is 9.90 Å². The number of anilines is 1. The summed E-state index contributed by atoms with van der Waals surface area (Å²) in [6.07, 6.45) is -0.866. The molecule has 4 N–H and O–H groups in total. The van der Waals surface area contributed by atoms with Gasteiger partial charge in [-0.25, -0.2) is 0 Å². The van der Waals surface area contributed by atoms with Crippen LogP contribution in [-0.4, -0.2) is 30.0 Å². The summed E-state index contributed by atoms with van der Waals surface area (Å²) in [6, 6.07) is 7.00. The molecular weight excluding hydrogens is 206 g/mol. The summed E-state index contributed by atoms with van der Waals surface area (Å²) in [5.41, 5.74) is 1.96. The van der Waals surface area contributed by atoms with Crippen LogP contribution in [0.15, 0.2) is 24.3 Å². The van der Waals surface area contributed by atoms with Crippen LogP contribution in [-0.2, 0) is 4.79 Å². The summed E-state index contributed by atoms with van der Waals surface area (Å²) in [4.78, 5) is 11.5. The number of hydrogen-bond acceptors (Lipinski definition) is 4. The molecule has 1 fully saturated rings. The summed E-state index contributed by atoms with van der Waals surface area (Å²) in [6.45, 7) is 2.29. The zero-order chi connectivity index (χ0) is 11.5. The van der Waals surface area contributed by atoms with Crippen LogP contribution >= 0.6 is 0 Å². The van der Waals surface area contributed by atoms with E-state index in [1.165, 1.54) is 0 Å². The van der Waals surface area contributed by atoms with E-state index in [0.29, 0.717) is 6.67 Å². The third-order valence-corrected chi connectivity index (χ3v) is 2.55. The number of nitrogens with one attached hydrogen (secondary N) is 3. The zero-order valence-corrected chi connectivity index (χ0v) is 9.03. The van der Waals surface area contributed by atoms with Gasteiger partial charge in [-0.2, -0.15) is 0 Å². The fraction of sp³-hybridized carbons (Fsp3) is 0.364. The van der Waals surface area contributed by atoms with Gasteiger partial charge in [-0.3, -0.25) is 10.1 Å². The zero-order valence-electron chi connectivity index (χ0n) is 9.03. The molecule has 1 amide bonds. The van der Waals surface area contributed by atoms with E-state index in [4.69, 9.17) is 0 Å². The Hall–Kier alpha value is -1.59. The molecule has 5 heteroatoms. The van der Waals surface area contributed by atoms with Gasteiger partial charge in [0.05, 0.1) is 6.67 Å². The van der Waals surface area contributed by atoms with Crippen LogP contribution in [0.3, 0.4) is 0 Å². The highest BCUT2D eigenvalue weighted by atomic mass is 16.3. The van der Waals surface area contributed by atoms with Gasteiger partial charge in [0.1, 0.15) is 12.3 Å². The number of rotatable bonds is 2. The van der Waals surface area contributed by atoms with Crippen molar-refractivity contribution in [3.05, 3.63) is 29.8 Å². The molecule has 5 nitrogen and oxygen atoms in total. The van der Waals surface area contributed by atoms with Crippen LogP contribution in [0.5, 0.6) is 0 Å². The highest BCUT2D eigenvalue weighted by molar-refractivity contribution is 5.85. The number of aliphatic hydroxyl groups is 1. The molecule has 0 saturated carbocycles. The summed E-state index contributed by atoms with van der Waals surface area (Å²) >= 11 is 0. The number of aryl methyl sites for hydroxylation is 1. The molecule has 0 spiro atoms. The summed E-state index contributed by atoms with van der Waals surface area (Å²) < 4.78 is 0. The molecule has 0 aromatic heterocycles. The largest absolute Gasteiger partial charge is 0.376 e. The molecule has 86 valence electrons. The van der Waals surface area contributed by atoms with E-state index in [-0.39, 0.29) is 5.91 Å². The van der Waals surface area contributed by atoms with Crippen molar-refractivity contribution < 1.29 is 9.90 Å². The Balaban J connectivity index is 2.07. The quantitative estimate of drug-likeness (QED) is 0.556. The number of benzene rings is 1. The van der Waals surface area contributed by atoms with Crippen molar-refractivity contribution in [1.82, 2.24) is 10.6 Å². The number of carbonyl (C=O) groups excluding carboxylic acids is 1. The SMILES string of the molecule is Cc1ccc(NC2C(=O)NCNC2O)cc1. The molecule has 2 rings (SSSR count). The molecule has 16 heavy (non-hydrogen) atoms. The molecule has 0 bridgehead atoms. The number of amides is 1. The first-order valence-electron chi connectivity index (χ1n) is 5.19. The third-order valence-electron chi connectivity index (χ3n) is 2.55. The van der Waals surface area contributed by atoms with Crippen molar-refractivity contribution in [3.8, 4) is 0 Å². The minimum atomic E-state index is -0.866. The van der Waals surface area contributed by atoms with Crippen LogP contribution in [0.4, 0.5) is 5.69 Å². The van der Waals surface area contributed by atoms with Gasteiger partial charge in [-0.05, 0) is 19.1 Å². The Morgan fingerprint density at radius 3 is 2.69 bits per heavy atom. The molecule has 0 aliphatic carbocycles. The van der Waals surface area contributed by atoms with Gasteiger partial charge in [0.15, 0.2) is 0 Å². The maximum Gasteiger partial charge on any atom is 0.247 e. The lowest BCUT2D eigenvalue weighted by atomic mass is 10.1. The molecule has 1 saturated heterocycles. The number of aliphatic hydroxyl groups excluding tert-OH is 1. The predicted molar refractivity (Wildman–Crippen MR) is 60.7 cm³/mol. The van der Waals surface area contributed by atoms with Gasteiger partial charge in [0.25, 0.3) is 0 Å². The van der Waals surface area contributed by atoms with Gasteiger partial charge in [-0.15, -0.1) is 0 Å². The van der Waals surface area contributed by atoms with E-state index < -0.39 is 12.3 Å². The van der Waals surface area contributed by atoms with Gasteiger partial charge >= 0.3 is 0 Å². The molecule has 1 aliphatic heterocycles. The van der Waals surface area contributed by atoms with Gasteiger partial charge < -0.3 is 15.7 Å². The number of carbonyl (C=O) groups is 1. The molecule has 2 atom stereocenters. The second-order valence-corrected chi connectivity index (χ2v) is 3.85. The van der Waals surface area contributed by atoms with Crippen molar-refractivity contribution >= 4 is 11.6 Å². The van der Waals surface area contributed by atoms with E-state index in [1.54, 1.807) is 0 Å². The number of hydrogen-bond donors (Lipinski definition) is 4. The summed E-state index contributed by atoms with van der Waals surface area (Å²) in [5.74, 6) is -0.202. The van der Waals surface area contributed by atoms with Crippen molar-refractivity contribution in [2.24, 2.45) is 0 Å². The van der Waals surface area contributed by atoms with Crippen molar-refractivity contribution in [2.75, 3.05) is 12.0 Å². The maximum atomic E-state index is 11.5. The topological polar surface area (TPSA) is 73.4 Å². The van der Waals surface area contributed by atoms with E-state index in [2.05, 4.69) is 16.0 Å². The first-order valence-corrected chi connectivity index (χ1v) is 5.19. The third kappa shape index (κ3) is 2.32. The lowest BCUT2D eigenvalue weighted by molar-refractivity contribution is -0.127. The van der Waals surface area contributed by atoms with Crippen molar-refractivity contribution in [2.45, 2.75) is 19.2 Å². The Kier molecular flexibility index (Phi) is 3.07. The Labute approximate surface area is 93.9 Å². The first kappa shape index (κ1) is 10.9. The Morgan fingerprint density at radius 1 is 1.38 bits per heavy atom. The first-order chi connectivity index (χ1) is 7.66. The fourth-order valence-electron chi connectivity index (χ4n) is 1.59. The van der Waals surface area contributed by atoms with Gasteiger partial charge in [0.2, 0.25) is 5.91 Å². The van der Waals surface area contributed by atoms with Gasteiger partial charge in [-0.1, -0.05) is 17.7 Å². The Morgan fingerprint density at radius 2 is 2.06 bits per heavy atom. The second-order valence-electron chi connectivity index (χ2n) is 3.85. The minimum absolute atomic E-state index is 0.202. The van der Waals surface area contributed by atoms with Gasteiger partial charge in [0, 0.05) is 5.69 Å². The van der Waals surface area contributed by atoms with E-state index >= 15 is 0 Å². The van der Waals surface area contributed by atoms with Crippen molar-refractivity contribution in [3.63, 3.8) is 0 Å². The van der Waals surface area contributed by atoms with Crippen LogP contribution in [0.2, 0.25) is 0 Å². The normalized spacial score (nSPS) is 25.0. The molecule has 2 unspecified atom stereocenters. The Bertz CT molecular complexity index is 377. The molecular formula is C11H15N3O2. The molecule has 0 radical (unpaired) electrons. The van der Waals surface area contributed by atoms with Crippen molar-refractivity contribution in [1.29, 1.82) is 0 Å². The molecule has 1 heterocycles. The lowest BCUT2D eigenvalue weighted by Crippen LogP contribution is -2.61. The molecule has 1 aromatic rings. The molecule has 1 aliphatic rings. The summed E-state index contributed by atoms with van der Waals surface area (Å²) in [7, 11) is 0. The van der Waals surface area contributed by atoms with E-state index in [1.807, 2.05) is 31.2 Å². The lowest BCUT2D eigenvalue weighted by Gasteiger charge is -2.29. The van der Waals surface area contributed by atoms with Crippen LogP contribution in [0.25, 0.3) is 0 Å².